The van der Waals surface area contributed by atoms with Gasteiger partial charge in [-0.3, -0.25) is 9.69 Å². The highest BCUT2D eigenvalue weighted by atomic mass is 32.1. The summed E-state index contributed by atoms with van der Waals surface area (Å²) in [7, 11) is 0. The molecule has 118 valence electrons. The summed E-state index contributed by atoms with van der Waals surface area (Å²) in [5.74, 6) is 0.845. The van der Waals surface area contributed by atoms with E-state index in [1.807, 2.05) is 5.38 Å². The van der Waals surface area contributed by atoms with E-state index >= 15 is 0 Å². The molecule has 1 aliphatic rings. The average molecular weight is 308 g/mol. The number of likely N-dealkylation sites (tertiary alicyclic amines) is 1. The largest absolute Gasteiger partial charge is 0.349 e. The van der Waals surface area contributed by atoms with Crippen LogP contribution in [0.5, 0.6) is 0 Å². The molecule has 0 bridgehead atoms. The maximum atomic E-state index is 12.4. The lowest BCUT2D eigenvalue weighted by molar-refractivity contribution is 0.0658. The number of aryl methyl sites for hydroxylation is 1. The maximum absolute atomic E-state index is 12.4. The molecule has 0 aromatic carbocycles. The summed E-state index contributed by atoms with van der Waals surface area (Å²) < 4.78 is 0. The van der Waals surface area contributed by atoms with Crippen molar-refractivity contribution < 1.29 is 4.79 Å². The van der Waals surface area contributed by atoms with Crippen LogP contribution in [-0.2, 0) is 6.42 Å². The molecule has 1 amide bonds. The Morgan fingerprint density at radius 3 is 2.95 bits per heavy atom. The van der Waals surface area contributed by atoms with Crippen LogP contribution in [0.2, 0.25) is 0 Å². The lowest BCUT2D eigenvalue weighted by atomic mass is 9.93. The summed E-state index contributed by atoms with van der Waals surface area (Å²) in [5, 5.41) is 5.15. The fourth-order valence-corrected chi connectivity index (χ4v) is 3.95. The van der Waals surface area contributed by atoms with Crippen LogP contribution in [-0.4, -0.2) is 36.0 Å². The molecule has 21 heavy (non-hydrogen) atoms. The molecular formula is C17H28N2OS. The first kappa shape index (κ1) is 16.5. The van der Waals surface area contributed by atoms with Crippen molar-refractivity contribution in [2.75, 3.05) is 19.6 Å². The molecule has 1 N–H and O–H groups in total. The lowest BCUT2D eigenvalue weighted by Gasteiger charge is -2.43. The van der Waals surface area contributed by atoms with E-state index in [1.54, 1.807) is 11.3 Å². The van der Waals surface area contributed by atoms with Crippen molar-refractivity contribution in [3.05, 3.63) is 21.9 Å². The van der Waals surface area contributed by atoms with E-state index in [9.17, 15) is 4.79 Å². The fraction of sp³-hybridized carbons (Fsp3) is 0.706. The van der Waals surface area contributed by atoms with E-state index in [-0.39, 0.29) is 11.4 Å². The molecule has 1 atom stereocenters. The number of nitrogens with zero attached hydrogens (tertiary/aromatic N) is 1. The summed E-state index contributed by atoms with van der Waals surface area (Å²) in [6, 6.07) is 2.05. The van der Waals surface area contributed by atoms with Crippen molar-refractivity contribution in [2.24, 2.45) is 5.92 Å². The van der Waals surface area contributed by atoms with Gasteiger partial charge in [-0.1, -0.05) is 13.8 Å². The second-order valence-corrected chi connectivity index (χ2v) is 7.73. The SMILES string of the molecule is CCc1ccsc1C(=O)NCC(C)(C)N1CCCC(C)C1. The standard InChI is InChI=1S/C17H28N2OS/c1-5-14-8-10-21-15(14)16(20)18-12-17(3,4)19-9-6-7-13(2)11-19/h8,10,13H,5-7,9,11-12H2,1-4H3,(H,18,20). The monoisotopic (exact) mass is 308 g/mol. The Hall–Kier alpha value is -0.870. The van der Waals surface area contributed by atoms with E-state index in [2.05, 4.69) is 44.0 Å². The van der Waals surface area contributed by atoms with Crippen LogP contribution in [0.15, 0.2) is 11.4 Å². The average Bonchev–Trinajstić information content (AvgIpc) is 2.93. The van der Waals surface area contributed by atoms with Gasteiger partial charge in [0.25, 0.3) is 5.91 Å². The third-order valence-electron chi connectivity index (χ3n) is 4.53. The predicted molar refractivity (Wildman–Crippen MR) is 90.1 cm³/mol. The summed E-state index contributed by atoms with van der Waals surface area (Å²) in [4.78, 5) is 15.8. The highest BCUT2D eigenvalue weighted by molar-refractivity contribution is 7.12. The zero-order chi connectivity index (χ0) is 15.5. The summed E-state index contributed by atoms with van der Waals surface area (Å²) in [6.45, 7) is 11.9. The normalized spacial score (nSPS) is 20.5. The van der Waals surface area contributed by atoms with Gasteiger partial charge >= 0.3 is 0 Å². The van der Waals surface area contributed by atoms with Crippen molar-refractivity contribution in [1.82, 2.24) is 10.2 Å². The second-order valence-electron chi connectivity index (χ2n) is 6.82. The van der Waals surface area contributed by atoms with Crippen LogP contribution in [0.4, 0.5) is 0 Å². The first-order chi connectivity index (χ1) is 9.94. The van der Waals surface area contributed by atoms with Gasteiger partial charge < -0.3 is 5.32 Å². The van der Waals surface area contributed by atoms with Crippen molar-refractivity contribution in [3.8, 4) is 0 Å². The molecule has 1 fully saturated rings. The minimum Gasteiger partial charge on any atom is -0.349 e. The number of thiophene rings is 1. The molecule has 2 heterocycles. The number of nitrogens with one attached hydrogen (secondary N) is 1. The van der Waals surface area contributed by atoms with Crippen LogP contribution in [0, 0.1) is 5.92 Å². The minimum absolute atomic E-state index is 0.0218. The Balaban J connectivity index is 1.93. The van der Waals surface area contributed by atoms with Gasteiger partial charge in [0.15, 0.2) is 0 Å². The highest BCUT2D eigenvalue weighted by Gasteiger charge is 2.30. The molecule has 1 unspecified atom stereocenters. The third kappa shape index (κ3) is 4.07. The zero-order valence-electron chi connectivity index (χ0n) is 13.7. The number of piperidine rings is 1. The smallest absolute Gasteiger partial charge is 0.261 e. The Bertz CT molecular complexity index is 481. The van der Waals surface area contributed by atoms with Crippen LogP contribution < -0.4 is 5.32 Å². The molecule has 0 radical (unpaired) electrons. The number of amides is 1. The van der Waals surface area contributed by atoms with Crippen LogP contribution in [0.25, 0.3) is 0 Å². The molecule has 0 spiro atoms. The second kappa shape index (κ2) is 6.93. The van der Waals surface area contributed by atoms with Crippen molar-refractivity contribution in [1.29, 1.82) is 0 Å². The highest BCUT2D eigenvalue weighted by Crippen LogP contribution is 2.24. The molecule has 1 aromatic rings. The molecule has 1 saturated heterocycles. The molecule has 0 aliphatic carbocycles. The lowest BCUT2D eigenvalue weighted by Crippen LogP contribution is -2.54. The number of carbonyl (C=O) groups excluding carboxylic acids is 1. The fourth-order valence-electron chi connectivity index (χ4n) is 3.04. The number of hydrogen-bond donors (Lipinski definition) is 1. The molecular weight excluding hydrogens is 280 g/mol. The quantitative estimate of drug-likeness (QED) is 0.902. The van der Waals surface area contributed by atoms with Gasteiger partial charge in [0.1, 0.15) is 0 Å². The van der Waals surface area contributed by atoms with Gasteiger partial charge in [-0.2, -0.15) is 0 Å². The number of hydrogen-bond acceptors (Lipinski definition) is 3. The van der Waals surface area contributed by atoms with Gasteiger partial charge in [0.05, 0.1) is 4.88 Å². The van der Waals surface area contributed by atoms with Gasteiger partial charge in [0.2, 0.25) is 0 Å². The van der Waals surface area contributed by atoms with Gasteiger partial charge in [-0.15, -0.1) is 11.3 Å². The third-order valence-corrected chi connectivity index (χ3v) is 5.48. The van der Waals surface area contributed by atoms with Gasteiger partial charge in [-0.25, -0.2) is 0 Å². The zero-order valence-corrected chi connectivity index (χ0v) is 14.6. The Morgan fingerprint density at radius 1 is 1.52 bits per heavy atom. The molecule has 0 saturated carbocycles. The topological polar surface area (TPSA) is 32.3 Å². The van der Waals surface area contributed by atoms with Crippen LogP contribution >= 0.6 is 11.3 Å². The number of rotatable bonds is 5. The van der Waals surface area contributed by atoms with Crippen LogP contribution in [0.1, 0.15) is 55.8 Å². The van der Waals surface area contributed by atoms with Crippen molar-refractivity contribution >= 4 is 17.2 Å². The summed E-state index contributed by atoms with van der Waals surface area (Å²) in [6.07, 6.45) is 3.51. The molecule has 1 aromatic heterocycles. The van der Waals surface area contributed by atoms with E-state index in [0.717, 1.165) is 35.9 Å². The Morgan fingerprint density at radius 2 is 2.29 bits per heavy atom. The van der Waals surface area contributed by atoms with Gasteiger partial charge in [0, 0.05) is 18.6 Å². The maximum Gasteiger partial charge on any atom is 0.261 e. The van der Waals surface area contributed by atoms with E-state index in [4.69, 9.17) is 0 Å². The first-order valence-corrected chi connectivity index (χ1v) is 8.91. The Kier molecular flexibility index (Phi) is 5.44. The van der Waals surface area contributed by atoms with E-state index in [0.29, 0.717) is 6.54 Å². The van der Waals surface area contributed by atoms with Crippen molar-refractivity contribution in [2.45, 2.75) is 52.5 Å². The molecule has 4 heteroatoms. The first-order valence-electron chi connectivity index (χ1n) is 8.03. The van der Waals surface area contributed by atoms with Crippen LogP contribution in [0.3, 0.4) is 0 Å². The molecule has 2 rings (SSSR count). The number of carbonyl (C=O) groups is 1. The van der Waals surface area contributed by atoms with Crippen molar-refractivity contribution in [3.63, 3.8) is 0 Å². The summed E-state index contributed by atoms with van der Waals surface area (Å²) >= 11 is 1.54. The minimum atomic E-state index is 0.0218. The molecule has 1 aliphatic heterocycles. The van der Waals surface area contributed by atoms with E-state index in [1.165, 1.54) is 12.8 Å². The van der Waals surface area contributed by atoms with E-state index < -0.39 is 0 Å². The Labute approximate surface area is 132 Å². The molecule has 3 nitrogen and oxygen atoms in total. The predicted octanol–water partition coefficient (Wildman–Crippen LogP) is 3.55. The van der Waals surface area contributed by atoms with Gasteiger partial charge in [-0.05, 0) is 62.6 Å². The summed E-state index contributed by atoms with van der Waals surface area (Å²) in [5.41, 5.74) is 1.18.